The van der Waals surface area contributed by atoms with Crippen molar-refractivity contribution >= 4 is 55.8 Å². The minimum atomic E-state index is -0.181. The van der Waals surface area contributed by atoms with Crippen LogP contribution in [0.25, 0.3) is 0 Å². The molecule has 0 bridgehead atoms. The number of aromatic nitrogens is 2. The molecular formula is C22H30Br2ClK2N3O5. The molecule has 8 nitrogen and oxygen atoms in total. The molecule has 2 aliphatic rings. The molecule has 0 radical (unpaired) electrons. The monoisotopic (exact) mass is 687 g/mol. The van der Waals surface area contributed by atoms with E-state index in [0.29, 0.717) is 5.15 Å². The van der Waals surface area contributed by atoms with Crippen molar-refractivity contribution in [2.75, 3.05) is 18.0 Å². The molecule has 4 rings (SSSR count). The second-order valence-corrected chi connectivity index (χ2v) is 9.55. The van der Waals surface area contributed by atoms with Gasteiger partial charge in [-0.2, -0.15) is 0 Å². The van der Waals surface area contributed by atoms with Crippen LogP contribution in [0.4, 0.5) is 5.82 Å². The first-order chi connectivity index (χ1) is 15.8. The van der Waals surface area contributed by atoms with Gasteiger partial charge in [-0.1, -0.05) is 30.9 Å². The molecule has 0 aromatic carbocycles. The van der Waals surface area contributed by atoms with Gasteiger partial charge >= 0.3 is 103 Å². The number of pyridine rings is 2. The second-order valence-electron chi connectivity index (χ2n) is 7.34. The van der Waals surface area contributed by atoms with Gasteiger partial charge in [0.1, 0.15) is 11.0 Å². The zero-order valence-electron chi connectivity index (χ0n) is 21.2. The molecule has 1 saturated carbocycles. The van der Waals surface area contributed by atoms with Gasteiger partial charge in [0.05, 0.1) is 12.2 Å². The molecule has 1 aliphatic heterocycles. The zero-order valence-corrected chi connectivity index (χ0v) is 30.3. The molecule has 186 valence electrons. The van der Waals surface area contributed by atoms with Gasteiger partial charge in [0.2, 0.25) is 0 Å². The quantitative estimate of drug-likeness (QED) is 0.124. The molecular weight excluding hydrogens is 660 g/mol. The van der Waals surface area contributed by atoms with Crippen molar-refractivity contribution in [2.24, 2.45) is 0 Å². The molecule has 13 heteroatoms. The van der Waals surface area contributed by atoms with Crippen molar-refractivity contribution in [2.45, 2.75) is 57.2 Å². The third kappa shape index (κ3) is 20.5. The average Bonchev–Trinajstić information content (AvgIpc) is 2.84. The average molecular weight is 690 g/mol. The predicted octanol–water partition coefficient (Wildman–Crippen LogP) is -1.83. The normalized spacial score (nSPS) is 15.2. The van der Waals surface area contributed by atoms with Gasteiger partial charge in [0, 0.05) is 34.4 Å². The summed E-state index contributed by atoms with van der Waals surface area (Å²) in [5.74, 6) is 1.00. The Balaban J connectivity index is -0.000000430. The van der Waals surface area contributed by atoms with E-state index in [4.69, 9.17) is 26.8 Å². The number of halogens is 3. The molecule has 2 aromatic heterocycles. The molecule has 3 heterocycles. The Morgan fingerprint density at radius 1 is 0.943 bits per heavy atom. The summed E-state index contributed by atoms with van der Waals surface area (Å²) < 4.78 is 1.94. The van der Waals surface area contributed by atoms with Crippen molar-refractivity contribution in [3.63, 3.8) is 0 Å². The maximum atomic E-state index is 9.36. The van der Waals surface area contributed by atoms with Crippen molar-refractivity contribution in [3.05, 3.63) is 50.8 Å². The van der Waals surface area contributed by atoms with E-state index in [0.717, 1.165) is 53.5 Å². The summed E-state index contributed by atoms with van der Waals surface area (Å²) in [4.78, 5) is 21.6. The van der Waals surface area contributed by atoms with E-state index in [2.05, 4.69) is 51.6 Å². The van der Waals surface area contributed by atoms with E-state index in [-0.39, 0.29) is 123 Å². The minimum absolute atomic E-state index is 0. The van der Waals surface area contributed by atoms with Crippen molar-refractivity contribution in [1.29, 1.82) is 0 Å². The Hall–Kier alpha value is 1.97. The maximum Gasteiger partial charge on any atom is 1.00 e. The Bertz CT molecular complexity index is 754. The fourth-order valence-corrected chi connectivity index (χ4v) is 3.67. The summed E-state index contributed by atoms with van der Waals surface area (Å²) in [6, 6.07) is 7.57. The van der Waals surface area contributed by atoms with E-state index >= 15 is 0 Å². The molecule has 0 unspecified atom stereocenters. The van der Waals surface area contributed by atoms with Crippen LogP contribution in [0.3, 0.4) is 0 Å². The van der Waals surface area contributed by atoms with Gasteiger partial charge in [-0.25, -0.2) is 9.97 Å². The number of carbonyl (C=O) groups is 1. The van der Waals surface area contributed by atoms with Gasteiger partial charge in [-0.3, -0.25) is 4.79 Å². The van der Waals surface area contributed by atoms with Crippen LogP contribution in [-0.4, -0.2) is 52.0 Å². The second kappa shape index (κ2) is 25.0. The number of nitrogens with zero attached hydrogens (tertiary/aromatic N) is 3. The number of anilines is 1. The van der Waals surface area contributed by atoms with Gasteiger partial charge in [-0.15, -0.1) is 0 Å². The van der Waals surface area contributed by atoms with E-state index in [9.17, 15) is 5.11 Å². The largest absolute Gasteiger partial charge is 1.00 e. The van der Waals surface area contributed by atoms with Crippen LogP contribution in [0.2, 0.25) is 5.15 Å². The topological polar surface area (TPSA) is 119 Å². The third-order valence-corrected chi connectivity index (χ3v) is 5.97. The number of aliphatic hydroxyl groups excluding tert-OH is 2. The summed E-state index contributed by atoms with van der Waals surface area (Å²) in [6.07, 6.45) is 11.0. The fraction of sp³-hybridized carbons (Fsp3) is 0.500. The Kier molecular flexibility index (Phi) is 27.9. The Morgan fingerprint density at radius 3 is 1.77 bits per heavy atom. The molecule has 2 N–H and O–H groups in total. The van der Waals surface area contributed by atoms with Crippen LogP contribution in [-0.2, 0) is 9.68 Å². The third-order valence-electron chi connectivity index (χ3n) is 4.81. The molecule has 0 atom stereocenters. The smallest absolute Gasteiger partial charge is 1.00 e. The van der Waals surface area contributed by atoms with Crippen LogP contribution >= 0.6 is 43.5 Å². The van der Waals surface area contributed by atoms with Crippen molar-refractivity contribution < 1.29 is 129 Å². The van der Waals surface area contributed by atoms with Gasteiger partial charge in [0.25, 0.3) is 6.47 Å². The van der Waals surface area contributed by atoms with Crippen molar-refractivity contribution in [3.8, 4) is 0 Å². The van der Waals surface area contributed by atoms with Crippen LogP contribution < -0.4 is 113 Å². The van der Waals surface area contributed by atoms with Crippen LogP contribution in [0.5, 0.6) is 0 Å². The van der Waals surface area contributed by atoms with E-state index in [1.54, 1.807) is 18.5 Å². The molecule has 2 aromatic rings. The summed E-state index contributed by atoms with van der Waals surface area (Å²) in [5.41, 5.74) is 0. The first-order valence-electron chi connectivity index (χ1n) is 10.6. The van der Waals surface area contributed by atoms with Crippen LogP contribution in [0, 0.1) is 0 Å². The number of hydrogen-bond acceptors (Lipinski definition) is 8. The Morgan fingerprint density at radius 2 is 1.43 bits per heavy atom. The standard InChI is InChI=1S/C10H13BrN2O.C6H12O.C5H3BrClN.CH2O3.2K.H/c11-8-1-2-10(12-7-8)13-5-3-9(14)4-6-13;7-6-4-2-1-3-5-6;6-4-1-2-5(7)8-3-4;2-1-4-3;;;/h1-2,7,9,14H,3-6H2;6-7H,1-5H2;1-3H;1,3H;;;/q;;;;2*+1;-1/p-1. The molecule has 35 heavy (non-hydrogen) atoms. The molecule has 0 amide bonds. The predicted molar refractivity (Wildman–Crippen MR) is 134 cm³/mol. The van der Waals surface area contributed by atoms with Crippen molar-refractivity contribution in [1.82, 2.24) is 9.97 Å². The Labute approximate surface area is 315 Å². The number of piperidine rings is 1. The van der Waals surface area contributed by atoms with E-state index < -0.39 is 0 Å². The summed E-state index contributed by atoms with van der Waals surface area (Å²) in [5, 5.41) is 27.2. The number of carbonyl (C=O) groups excluding carboxylic acids is 1. The van der Waals surface area contributed by atoms with Crippen LogP contribution in [0.15, 0.2) is 45.6 Å². The minimum Gasteiger partial charge on any atom is -1.00 e. The van der Waals surface area contributed by atoms with Gasteiger partial charge < -0.3 is 26.7 Å². The molecule has 0 spiro atoms. The van der Waals surface area contributed by atoms with Gasteiger partial charge in [0.15, 0.2) is 0 Å². The zero-order chi connectivity index (χ0) is 24.5. The van der Waals surface area contributed by atoms with Crippen LogP contribution in [0.1, 0.15) is 46.4 Å². The summed E-state index contributed by atoms with van der Waals surface area (Å²) in [6.45, 7) is 1.62. The number of rotatable bonds is 2. The summed E-state index contributed by atoms with van der Waals surface area (Å²) >= 11 is 12.1. The summed E-state index contributed by atoms with van der Waals surface area (Å²) in [7, 11) is 0. The maximum absolute atomic E-state index is 9.36. The van der Waals surface area contributed by atoms with E-state index in [1.807, 2.05) is 18.2 Å². The number of hydrogen-bond donors (Lipinski definition) is 2. The molecule has 1 saturated heterocycles. The fourth-order valence-electron chi connectivity index (χ4n) is 3.09. The number of aliphatic hydroxyl groups is 2. The first kappa shape index (κ1) is 39.1. The van der Waals surface area contributed by atoms with E-state index in [1.165, 1.54) is 19.3 Å². The van der Waals surface area contributed by atoms with Gasteiger partial charge in [-0.05, 0) is 81.8 Å². The molecule has 1 aliphatic carbocycles. The first-order valence-corrected chi connectivity index (χ1v) is 12.5. The molecule has 2 fully saturated rings. The SMILES string of the molecule is Clc1ccc(Br)cn1.O=CO[O-].OC1CCCCC1.OC1CCN(c2ccc(Br)cn2)CC1.[H-].[K+].[K+].